The highest BCUT2D eigenvalue weighted by molar-refractivity contribution is 6.39. The zero-order chi connectivity index (χ0) is 18.8. The van der Waals surface area contributed by atoms with E-state index in [1.807, 2.05) is 12.1 Å². The number of nitrogens with one attached hydrogen (secondary N) is 1. The Morgan fingerprint density at radius 3 is 2.63 bits per heavy atom. The summed E-state index contributed by atoms with van der Waals surface area (Å²) >= 11 is 12.3. The predicted octanol–water partition coefficient (Wildman–Crippen LogP) is 4.54. The van der Waals surface area contributed by atoms with Crippen LogP contribution < -0.4 is 14.8 Å². The number of amides is 1. The van der Waals surface area contributed by atoms with Gasteiger partial charge in [-0.05, 0) is 49.2 Å². The van der Waals surface area contributed by atoms with Gasteiger partial charge in [-0.2, -0.15) is 0 Å². The van der Waals surface area contributed by atoms with Crippen LogP contribution in [-0.4, -0.2) is 37.1 Å². The Morgan fingerprint density at radius 1 is 1.11 bits per heavy atom. The number of benzene rings is 2. The quantitative estimate of drug-likeness (QED) is 0.809. The van der Waals surface area contributed by atoms with Crippen molar-refractivity contribution in [1.82, 2.24) is 4.90 Å². The Bertz CT molecular complexity index is 839. The molecule has 2 aromatic rings. The largest absolute Gasteiger partial charge is 0.486 e. The smallest absolute Gasteiger partial charge is 0.238 e. The minimum atomic E-state index is -0.130. The molecule has 2 aliphatic rings. The number of rotatable bonds is 4. The van der Waals surface area contributed by atoms with E-state index in [1.165, 1.54) is 0 Å². The minimum Gasteiger partial charge on any atom is -0.486 e. The van der Waals surface area contributed by atoms with E-state index in [0.717, 1.165) is 36.4 Å². The van der Waals surface area contributed by atoms with Gasteiger partial charge in [0.25, 0.3) is 0 Å². The van der Waals surface area contributed by atoms with Crippen LogP contribution in [0.1, 0.15) is 24.4 Å². The molecular weight excluding hydrogens is 387 g/mol. The summed E-state index contributed by atoms with van der Waals surface area (Å²) in [6, 6.07) is 11.4. The molecule has 5 nitrogen and oxygen atoms in total. The molecule has 0 aliphatic carbocycles. The fourth-order valence-electron chi connectivity index (χ4n) is 3.64. The standard InChI is InChI=1S/C20H20Cl2N2O3/c21-14-3-1-4-15(22)20(14)23-19(25)12-24-8-2-5-16(24)13-6-7-17-18(11-13)27-10-9-26-17/h1,3-4,6-7,11,16H,2,5,8-10,12H2,(H,23,25). The van der Waals surface area contributed by atoms with Gasteiger partial charge in [-0.15, -0.1) is 0 Å². The molecule has 0 bridgehead atoms. The monoisotopic (exact) mass is 406 g/mol. The highest BCUT2D eigenvalue weighted by atomic mass is 35.5. The predicted molar refractivity (Wildman–Crippen MR) is 106 cm³/mol. The average molecular weight is 407 g/mol. The SMILES string of the molecule is O=C(CN1CCCC1c1ccc2c(c1)OCCO2)Nc1c(Cl)cccc1Cl. The fourth-order valence-corrected chi connectivity index (χ4v) is 4.13. The molecule has 2 aromatic carbocycles. The van der Waals surface area contributed by atoms with Crippen molar-refractivity contribution in [3.63, 3.8) is 0 Å². The van der Waals surface area contributed by atoms with E-state index in [9.17, 15) is 4.79 Å². The second kappa shape index (κ2) is 7.97. The van der Waals surface area contributed by atoms with Gasteiger partial charge in [0.15, 0.2) is 11.5 Å². The van der Waals surface area contributed by atoms with Crippen molar-refractivity contribution in [3.05, 3.63) is 52.0 Å². The van der Waals surface area contributed by atoms with E-state index in [1.54, 1.807) is 18.2 Å². The number of likely N-dealkylation sites (tertiary alicyclic amines) is 1. The molecule has 0 spiro atoms. The summed E-state index contributed by atoms with van der Waals surface area (Å²) in [4.78, 5) is 14.7. The Labute approximate surface area is 168 Å². The number of anilines is 1. The van der Waals surface area contributed by atoms with Gasteiger partial charge in [-0.1, -0.05) is 35.3 Å². The van der Waals surface area contributed by atoms with Gasteiger partial charge < -0.3 is 14.8 Å². The molecular formula is C20H20Cl2N2O3. The maximum atomic E-state index is 12.6. The summed E-state index contributed by atoms with van der Waals surface area (Å²) in [5.74, 6) is 1.42. The maximum Gasteiger partial charge on any atom is 0.238 e. The van der Waals surface area contributed by atoms with E-state index in [2.05, 4.69) is 16.3 Å². The summed E-state index contributed by atoms with van der Waals surface area (Å²) in [7, 11) is 0. The molecule has 0 radical (unpaired) electrons. The first kappa shape index (κ1) is 18.4. The van der Waals surface area contributed by atoms with E-state index in [-0.39, 0.29) is 18.5 Å². The molecule has 1 atom stereocenters. The van der Waals surface area contributed by atoms with Gasteiger partial charge in [-0.25, -0.2) is 0 Å². The lowest BCUT2D eigenvalue weighted by atomic mass is 10.0. The molecule has 27 heavy (non-hydrogen) atoms. The zero-order valence-corrected chi connectivity index (χ0v) is 16.2. The van der Waals surface area contributed by atoms with Crippen LogP contribution in [0.4, 0.5) is 5.69 Å². The van der Waals surface area contributed by atoms with Crippen LogP contribution in [0.25, 0.3) is 0 Å². The minimum absolute atomic E-state index is 0.130. The van der Waals surface area contributed by atoms with Crippen LogP contribution >= 0.6 is 23.2 Å². The van der Waals surface area contributed by atoms with Crippen molar-refractivity contribution < 1.29 is 14.3 Å². The summed E-state index contributed by atoms with van der Waals surface area (Å²) in [6.45, 7) is 2.28. The number of para-hydroxylation sites is 1. The number of carbonyl (C=O) groups excluding carboxylic acids is 1. The van der Waals surface area contributed by atoms with E-state index in [4.69, 9.17) is 32.7 Å². The number of hydrogen-bond donors (Lipinski definition) is 1. The average Bonchev–Trinajstić information content (AvgIpc) is 3.12. The molecule has 2 aliphatic heterocycles. The normalized spacial score (nSPS) is 19.1. The number of nitrogens with zero attached hydrogens (tertiary/aromatic N) is 1. The van der Waals surface area contributed by atoms with Crippen molar-refractivity contribution in [3.8, 4) is 11.5 Å². The van der Waals surface area contributed by atoms with Gasteiger partial charge in [0.1, 0.15) is 13.2 Å². The molecule has 1 fully saturated rings. The van der Waals surface area contributed by atoms with Crippen LogP contribution in [-0.2, 0) is 4.79 Å². The molecule has 7 heteroatoms. The van der Waals surface area contributed by atoms with Crippen LogP contribution in [0, 0.1) is 0 Å². The number of carbonyl (C=O) groups is 1. The third kappa shape index (κ3) is 4.00. The molecule has 1 N–H and O–H groups in total. The van der Waals surface area contributed by atoms with E-state index in [0.29, 0.717) is 28.9 Å². The van der Waals surface area contributed by atoms with Crippen LogP contribution in [0.15, 0.2) is 36.4 Å². The van der Waals surface area contributed by atoms with Crippen molar-refractivity contribution >= 4 is 34.8 Å². The Hall–Kier alpha value is -1.95. The van der Waals surface area contributed by atoms with Gasteiger partial charge in [0, 0.05) is 6.04 Å². The lowest BCUT2D eigenvalue weighted by Crippen LogP contribution is -2.33. The third-order valence-corrected chi connectivity index (χ3v) is 5.52. The number of hydrogen-bond acceptors (Lipinski definition) is 4. The van der Waals surface area contributed by atoms with Gasteiger partial charge in [0.05, 0.1) is 22.3 Å². The topological polar surface area (TPSA) is 50.8 Å². The van der Waals surface area contributed by atoms with E-state index >= 15 is 0 Å². The first-order chi connectivity index (χ1) is 13.1. The Balaban J connectivity index is 1.46. The molecule has 2 heterocycles. The summed E-state index contributed by atoms with van der Waals surface area (Å²) < 4.78 is 11.3. The van der Waals surface area contributed by atoms with Crippen LogP contribution in [0.2, 0.25) is 10.0 Å². The third-order valence-electron chi connectivity index (χ3n) is 4.89. The van der Waals surface area contributed by atoms with Crippen molar-refractivity contribution in [1.29, 1.82) is 0 Å². The van der Waals surface area contributed by atoms with Gasteiger partial charge in [0.2, 0.25) is 5.91 Å². The lowest BCUT2D eigenvalue weighted by molar-refractivity contribution is -0.117. The lowest BCUT2D eigenvalue weighted by Gasteiger charge is -2.26. The van der Waals surface area contributed by atoms with Crippen molar-refractivity contribution in [2.75, 3.05) is 31.6 Å². The molecule has 4 rings (SSSR count). The first-order valence-electron chi connectivity index (χ1n) is 8.99. The molecule has 0 saturated carbocycles. The van der Waals surface area contributed by atoms with Crippen molar-refractivity contribution in [2.45, 2.75) is 18.9 Å². The fraction of sp³-hybridized carbons (Fsp3) is 0.350. The number of halogens is 2. The highest BCUT2D eigenvalue weighted by Crippen LogP contribution is 2.38. The molecule has 1 amide bonds. The second-order valence-corrected chi connectivity index (χ2v) is 7.49. The summed E-state index contributed by atoms with van der Waals surface area (Å²) in [5.41, 5.74) is 1.60. The first-order valence-corrected chi connectivity index (χ1v) is 9.75. The second-order valence-electron chi connectivity index (χ2n) is 6.68. The molecule has 142 valence electrons. The van der Waals surface area contributed by atoms with Crippen molar-refractivity contribution in [2.24, 2.45) is 0 Å². The summed E-state index contributed by atoms with van der Waals surface area (Å²) in [5, 5.41) is 3.70. The zero-order valence-electron chi connectivity index (χ0n) is 14.7. The molecule has 1 unspecified atom stereocenters. The Kier molecular flexibility index (Phi) is 5.43. The maximum absolute atomic E-state index is 12.6. The summed E-state index contributed by atoms with van der Waals surface area (Å²) in [6.07, 6.45) is 2.04. The number of fused-ring (bicyclic) bond motifs is 1. The Morgan fingerprint density at radius 2 is 1.85 bits per heavy atom. The van der Waals surface area contributed by atoms with E-state index < -0.39 is 0 Å². The van der Waals surface area contributed by atoms with Crippen LogP contribution in [0.5, 0.6) is 11.5 Å². The highest BCUT2D eigenvalue weighted by Gasteiger charge is 2.29. The van der Waals surface area contributed by atoms with Gasteiger partial charge >= 0.3 is 0 Å². The number of ether oxygens (including phenoxy) is 2. The molecule has 0 aromatic heterocycles. The van der Waals surface area contributed by atoms with Crippen LogP contribution in [0.3, 0.4) is 0 Å². The molecule has 1 saturated heterocycles. The van der Waals surface area contributed by atoms with Gasteiger partial charge in [-0.3, -0.25) is 9.69 Å².